The zero-order chi connectivity index (χ0) is 13.5. The number of phenols is 1. The van der Waals surface area contributed by atoms with Crippen LogP contribution in [0, 0.1) is 0 Å². The van der Waals surface area contributed by atoms with Gasteiger partial charge in [-0.1, -0.05) is 30.7 Å². The van der Waals surface area contributed by atoms with Gasteiger partial charge in [-0.3, -0.25) is 0 Å². The van der Waals surface area contributed by atoms with Crippen molar-refractivity contribution in [3.8, 4) is 5.75 Å². The fourth-order valence-electron chi connectivity index (χ4n) is 2.74. The third-order valence-electron chi connectivity index (χ3n) is 3.93. The number of hydrogen-bond donors (Lipinski definition) is 2. The molecule has 0 bridgehead atoms. The van der Waals surface area contributed by atoms with E-state index in [1.54, 1.807) is 17.7 Å². The Morgan fingerprint density at radius 1 is 1.21 bits per heavy atom. The van der Waals surface area contributed by atoms with Crippen LogP contribution in [0.4, 0.5) is 0 Å². The summed E-state index contributed by atoms with van der Waals surface area (Å²) in [4.78, 5) is 0. The molecule has 19 heavy (non-hydrogen) atoms. The number of phenolic OH excluding ortho intramolecular Hbond substituents is 1. The van der Waals surface area contributed by atoms with E-state index >= 15 is 0 Å². The van der Waals surface area contributed by atoms with Crippen LogP contribution in [0.2, 0.25) is 0 Å². The molecule has 2 heteroatoms. The van der Waals surface area contributed by atoms with E-state index < -0.39 is 0 Å². The summed E-state index contributed by atoms with van der Waals surface area (Å²) >= 11 is 0. The molecule has 2 rings (SSSR count). The molecule has 2 N–H and O–H groups in total. The van der Waals surface area contributed by atoms with Crippen molar-refractivity contribution in [3.05, 3.63) is 41.5 Å². The smallest absolute Gasteiger partial charge is 0.115 e. The Morgan fingerprint density at radius 2 is 2.00 bits per heavy atom. The summed E-state index contributed by atoms with van der Waals surface area (Å²) < 4.78 is 0. The van der Waals surface area contributed by atoms with E-state index in [0.717, 1.165) is 13.0 Å². The van der Waals surface area contributed by atoms with Crippen LogP contribution in [-0.2, 0) is 0 Å². The fourth-order valence-corrected chi connectivity index (χ4v) is 2.74. The van der Waals surface area contributed by atoms with E-state index in [2.05, 4.69) is 18.3 Å². The number of hydrogen-bond acceptors (Lipinski definition) is 2. The van der Waals surface area contributed by atoms with Gasteiger partial charge in [-0.2, -0.15) is 0 Å². The molecule has 0 amide bonds. The Labute approximate surface area is 116 Å². The van der Waals surface area contributed by atoms with E-state index in [1.807, 2.05) is 12.1 Å². The summed E-state index contributed by atoms with van der Waals surface area (Å²) in [7, 11) is 0. The van der Waals surface area contributed by atoms with Crippen molar-refractivity contribution in [1.82, 2.24) is 5.32 Å². The van der Waals surface area contributed by atoms with Crippen LogP contribution < -0.4 is 5.32 Å². The highest BCUT2D eigenvalue weighted by atomic mass is 16.3. The first-order chi connectivity index (χ1) is 9.29. The molecule has 0 heterocycles. The molecular formula is C17H25NO. The molecule has 1 atom stereocenters. The van der Waals surface area contributed by atoms with Crippen LogP contribution in [0.25, 0.3) is 0 Å². The Hall–Kier alpha value is -1.28. The number of rotatable bonds is 6. The molecule has 0 saturated carbocycles. The molecule has 0 radical (unpaired) electrons. The monoisotopic (exact) mass is 259 g/mol. The van der Waals surface area contributed by atoms with E-state index in [-0.39, 0.29) is 0 Å². The van der Waals surface area contributed by atoms with Crippen molar-refractivity contribution in [2.45, 2.75) is 51.5 Å². The first-order valence-electron chi connectivity index (χ1n) is 7.50. The van der Waals surface area contributed by atoms with Gasteiger partial charge in [-0.25, -0.2) is 0 Å². The van der Waals surface area contributed by atoms with Crippen LogP contribution in [0.1, 0.15) is 57.1 Å². The topological polar surface area (TPSA) is 32.3 Å². The predicted molar refractivity (Wildman–Crippen MR) is 80.3 cm³/mol. The lowest BCUT2D eigenvalue weighted by Gasteiger charge is -2.19. The standard InChI is InChI=1S/C17H25NO/c1-2-17(15-8-10-16(19)11-9-15)18-13-12-14-6-4-3-5-7-14/h6,8-11,17-19H,2-5,7,12-13H2,1H3. The van der Waals surface area contributed by atoms with Crippen LogP contribution in [0.3, 0.4) is 0 Å². The molecule has 0 aliphatic heterocycles. The second-order valence-corrected chi connectivity index (χ2v) is 5.36. The molecule has 1 aliphatic carbocycles. The van der Waals surface area contributed by atoms with Crippen molar-refractivity contribution in [2.24, 2.45) is 0 Å². The second kappa shape index (κ2) is 7.34. The van der Waals surface area contributed by atoms with Gasteiger partial charge in [-0.15, -0.1) is 0 Å². The third kappa shape index (κ3) is 4.39. The van der Waals surface area contributed by atoms with Gasteiger partial charge >= 0.3 is 0 Å². The van der Waals surface area contributed by atoms with Crippen LogP contribution in [-0.4, -0.2) is 11.7 Å². The van der Waals surface area contributed by atoms with Gasteiger partial charge in [0.25, 0.3) is 0 Å². The van der Waals surface area contributed by atoms with Gasteiger partial charge in [0.2, 0.25) is 0 Å². The molecule has 0 spiro atoms. The average Bonchev–Trinajstić information content (AvgIpc) is 2.46. The van der Waals surface area contributed by atoms with Gasteiger partial charge in [0, 0.05) is 6.04 Å². The molecule has 1 aromatic rings. The molecule has 104 valence electrons. The van der Waals surface area contributed by atoms with Gasteiger partial charge in [0.1, 0.15) is 5.75 Å². The Morgan fingerprint density at radius 3 is 2.63 bits per heavy atom. The molecule has 2 nitrogen and oxygen atoms in total. The SMILES string of the molecule is CCC(NCCC1=CCCCC1)c1ccc(O)cc1. The molecular weight excluding hydrogens is 234 g/mol. The second-order valence-electron chi connectivity index (χ2n) is 5.36. The zero-order valence-electron chi connectivity index (χ0n) is 11.9. The Bertz CT molecular complexity index is 408. The normalized spacial score (nSPS) is 17.0. The van der Waals surface area contributed by atoms with E-state index in [9.17, 15) is 5.11 Å². The molecule has 0 aromatic heterocycles. The fraction of sp³-hybridized carbons (Fsp3) is 0.529. The van der Waals surface area contributed by atoms with Crippen molar-refractivity contribution < 1.29 is 5.11 Å². The van der Waals surface area contributed by atoms with Crippen molar-refractivity contribution in [3.63, 3.8) is 0 Å². The number of nitrogens with one attached hydrogen (secondary N) is 1. The highest BCUT2D eigenvalue weighted by molar-refractivity contribution is 5.28. The first kappa shape index (κ1) is 14.1. The maximum atomic E-state index is 9.33. The minimum absolute atomic E-state index is 0.339. The van der Waals surface area contributed by atoms with Gasteiger partial charge in [0.15, 0.2) is 0 Å². The largest absolute Gasteiger partial charge is 0.508 e. The van der Waals surface area contributed by atoms with Crippen LogP contribution in [0.15, 0.2) is 35.9 Å². The lowest BCUT2D eigenvalue weighted by molar-refractivity contribution is 0.473. The molecule has 1 aromatic carbocycles. The van der Waals surface area contributed by atoms with Crippen molar-refractivity contribution >= 4 is 0 Å². The van der Waals surface area contributed by atoms with E-state index in [0.29, 0.717) is 11.8 Å². The minimum Gasteiger partial charge on any atom is -0.508 e. The van der Waals surface area contributed by atoms with Crippen molar-refractivity contribution in [1.29, 1.82) is 0 Å². The maximum absolute atomic E-state index is 9.33. The lowest BCUT2D eigenvalue weighted by Crippen LogP contribution is -2.22. The Kier molecular flexibility index (Phi) is 5.46. The predicted octanol–water partition coefficient (Wildman–Crippen LogP) is 4.32. The molecule has 1 unspecified atom stereocenters. The highest BCUT2D eigenvalue weighted by Crippen LogP contribution is 2.22. The number of allylic oxidation sites excluding steroid dienone is 1. The zero-order valence-corrected chi connectivity index (χ0v) is 11.9. The molecule has 0 saturated heterocycles. The summed E-state index contributed by atoms with van der Waals surface area (Å²) in [5.41, 5.74) is 2.89. The summed E-state index contributed by atoms with van der Waals surface area (Å²) in [5, 5.41) is 13.0. The van der Waals surface area contributed by atoms with Gasteiger partial charge in [0.05, 0.1) is 0 Å². The highest BCUT2D eigenvalue weighted by Gasteiger charge is 2.09. The van der Waals surface area contributed by atoms with Gasteiger partial charge in [-0.05, 0) is 62.8 Å². The lowest BCUT2D eigenvalue weighted by atomic mass is 9.97. The van der Waals surface area contributed by atoms with Crippen molar-refractivity contribution in [2.75, 3.05) is 6.54 Å². The molecule has 0 fully saturated rings. The van der Waals surface area contributed by atoms with Gasteiger partial charge < -0.3 is 10.4 Å². The summed E-state index contributed by atoms with van der Waals surface area (Å²) in [6.07, 6.45) is 9.95. The molecule has 1 aliphatic rings. The third-order valence-corrected chi connectivity index (χ3v) is 3.93. The summed E-state index contributed by atoms with van der Waals surface area (Å²) in [6, 6.07) is 7.95. The number of aromatic hydroxyl groups is 1. The summed E-state index contributed by atoms with van der Waals surface area (Å²) in [6.45, 7) is 3.25. The quantitative estimate of drug-likeness (QED) is 0.746. The van der Waals surface area contributed by atoms with Crippen LogP contribution >= 0.6 is 0 Å². The van der Waals surface area contributed by atoms with E-state index in [1.165, 1.54) is 37.7 Å². The minimum atomic E-state index is 0.339. The first-order valence-corrected chi connectivity index (χ1v) is 7.50. The Balaban J connectivity index is 1.82. The average molecular weight is 259 g/mol. The number of benzene rings is 1. The van der Waals surface area contributed by atoms with E-state index in [4.69, 9.17) is 0 Å². The maximum Gasteiger partial charge on any atom is 0.115 e. The van der Waals surface area contributed by atoms with Crippen LogP contribution in [0.5, 0.6) is 5.75 Å². The summed E-state index contributed by atoms with van der Waals surface area (Å²) in [5.74, 6) is 0.339.